The molecule has 2 aliphatic rings. The van der Waals surface area contributed by atoms with Gasteiger partial charge in [0.2, 0.25) is 10.9 Å². The van der Waals surface area contributed by atoms with Crippen LogP contribution in [-0.2, 0) is 22.6 Å². The van der Waals surface area contributed by atoms with Crippen LogP contribution in [0.5, 0.6) is 0 Å². The lowest BCUT2D eigenvalue weighted by Gasteiger charge is -2.32. The summed E-state index contributed by atoms with van der Waals surface area (Å²) in [7, 11) is 0. The number of rotatable bonds is 6. The van der Waals surface area contributed by atoms with E-state index in [2.05, 4.69) is 10.2 Å². The molecule has 4 heterocycles. The maximum Gasteiger partial charge on any atom is 0.297 e. The van der Waals surface area contributed by atoms with Gasteiger partial charge in [0.1, 0.15) is 5.58 Å². The Labute approximate surface area is 292 Å². The Morgan fingerprint density at radius 1 is 0.896 bits per heavy atom. The molecule has 1 atom stereocenters. The van der Waals surface area contributed by atoms with E-state index in [1.807, 2.05) is 62.4 Å². The van der Waals surface area contributed by atoms with E-state index in [1.54, 1.807) is 41.3 Å². The van der Waals surface area contributed by atoms with Gasteiger partial charge in [0.25, 0.3) is 11.8 Å². The van der Waals surface area contributed by atoms with Crippen molar-refractivity contribution in [2.45, 2.75) is 36.0 Å². The van der Waals surface area contributed by atoms with Gasteiger partial charge in [-0.25, -0.2) is 0 Å². The summed E-state index contributed by atoms with van der Waals surface area (Å²) in [5.41, 5.74) is 2.66. The normalized spacial score (nSPS) is 16.8. The van der Waals surface area contributed by atoms with Crippen LogP contribution in [0.1, 0.15) is 43.9 Å². The van der Waals surface area contributed by atoms with Crippen molar-refractivity contribution in [3.63, 3.8) is 0 Å². The SMILES string of the molecule is Cc1ccc2oc3c(c(=O)c2c1)C1(C(=O)N(Cc2ccccc2C)c2ccccc21)N(c1nnc(SCc2ccc(Cl)cc2Cl)s1)C3=O. The average Bonchev–Trinajstić information content (AvgIpc) is 3.71. The van der Waals surface area contributed by atoms with Crippen molar-refractivity contribution < 1.29 is 14.0 Å². The highest BCUT2D eigenvalue weighted by atomic mass is 35.5. The molecule has 8 nitrogen and oxygen atoms in total. The number of carbonyl (C=O) groups excluding carboxylic acids is 2. The van der Waals surface area contributed by atoms with Crippen molar-refractivity contribution in [2.24, 2.45) is 0 Å². The second kappa shape index (κ2) is 11.6. The predicted octanol–water partition coefficient (Wildman–Crippen LogP) is 8.31. The molecule has 0 radical (unpaired) electrons. The zero-order chi connectivity index (χ0) is 33.3. The topological polar surface area (TPSA) is 96.6 Å². The fraction of sp³-hybridized carbons (Fsp3) is 0.139. The number of fused-ring (bicyclic) bond motifs is 5. The van der Waals surface area contributed by atoms with Crippen LogP contribution in [-0.4, -0.2) is 22.0 Å². The summed E-state index contributed by atoms with van der Waals surface area (Å²) in [5, 5.41) is 10.3. The van der Waals surface area contributed by atoms with Gasteiger partial charge in [-0.1, -0.05) is 106 Å². The highest BCUT2D eigenvalue weighted by molar-refractivity contribution is 8.00. The third-order valence-corrected chi connectivity index (χ3v) is 11.5. The number of para-hydroxylation sites is 1. The van der Waals surface area contributed by atoms with Crippen LogP contribution < -0.4 is 15.2 Å². The number of benzene rings is 4. The van der Waals surface area contributed by atoms with Gasteiger partial charge in [-0.3, -0.25) is 19.3 Å². The van der Waals surface area contributed by atoms with Crippen molar-refractivity contribution in [1.29, 1.82) is 0 Å². The van der Waals surface area contributed by atoms with E-state index in [9.17, 15) is 9.59 Å². The van der Waals surface area contributed by atoms with E-state index >= 15 is 4.79 Å². The monoisotopic (exact) mass is 710 g/mol. The van der Waals surface area contributed by atoms with Crippen molar-refractivity contribution >= 4 is 79.9 Å². The number of amides is 2. The van der Waals surface area contributed by atoms with Gasteiger partial charge in [-0.05, 0) is 60.9 Å². The van der Waals surface area contributed by atoms with Crippen LogP contribution in [0.15, 0.2) is 98.5 Å². The third-order valence-electron chi connectivity index (χ3n) is 8.82. The smallest absolute Gasteiger partial charge is 0.297 e. The molecule has 238 valence electrons. The van der Waals surface area contributed by atoms with E-state index in [4.69, 9.17) is 27.6 Å². The molecule has 2 aliphatic heterocycles. The van der Waals surface area contributed by atoms with Crippen molar-refractivity contribution in [1.82, 2.24) is 10.2 Å². The maximum atomic E-state index is 15.2. The molecule has 1 spiro atoms. The molecule has 0 saturated heterocycles. The highest BCUT2D eigenvalue weighted by Crippen LogP contribution is 2.55. The molecule has 12 heteroatoms. The summed E-state index contributed by atoms with van der Waals surface area (Å²) in [4.78, 5) is 47.3. The Hall–Kier alpha value is -4.48. The molecule has 0 bridgehead atoms. The van der Waals surface area contributed by atoms with Crippen molar-refractivity contribution in [2.75, 3.05) is 9.80 Å². The van der Waals surface area contributed by atoms with Crippen LogP contribution in [0.4, 0.5) is 10.8 Å². The molecule has 2 amide bonds. The molecule has 0 aliphatic carbocycles. The van der Waals surface area contributed by atoms with Crippen molar-refractivity contribution in [3.05, 3.63) is 144 Å². The number of nitrogens with zero attached hydrogens (tertiary/aromatic N) is 4. The lowest BCUT2D eigenvalue weighted by molar-refractivity contribution is -0.121. The summed E-state index contributed by atoms with van der Waals surface area (Å²) in [6.45, 7) is 4.09. The minimum atomic E-state index is -1.87. The minimum Gasteiger partial charge on any atom is -0.450 e. The Morgan fingerprint density at radius 2 is 1.69 bits per heavy atom. The Balaban J connectivity index is 1.32. The standard InChI is InChI=1S/C36H24Cl2N4O4S2/c1-19-11-14-28-24(15-19)30(43)29-31(46-28)32(44)42(34-39-40-35(48-34)47-18-22-12-13-23(37)16-26(22)38)36(29)25-9-5-6-10-27(25)41(33(36)45)17-21-8-4-3-7-20(21)2/h3-16H,17-18H2,1-2H3. The maximum absolute atomic E-state index is 15.2. The van der Waals surface area contributed by atoms with Crippen LogP contribution in [0.25, 0.3) is 11.0 Å². The van der Waals surface area contributed by atoms with Gasteiger partial charge in [0.15, 0.2) is 15.3 Å². The summed E-state index contributed by atoms with van der Waals surface area (Å²) < 4.78 is 6.77. The van der Waals surface area contributed by atoms with Gasteiger partial charge in [-0.15, -0.1) is 10.2 Å². The number of aromatic nitrogens is 2. The molecule has 2 aromatic heterocycles. The molecule has 4 aromatic carbocycles. The van der Waals surface area contributed by atoms with Crippen LogP contribution >= 0.6 is 46.3 Å². The highest BCUT2D eigenvalue weighted by Gasteiger charge is 2.66. The first kappa shape index (κ1) is 30.8. The molecular weight excluding hydrogens is 687 g/mol. The number of thioether (sulfide) groups is 1. The van der Waals surface area contributed by atoms with Crippen LogP contribution in [0, 0.1) is 13.8 Å². The largest absolute Gasteiger partial charge is 0.450 e. The quantitative estimate of drug-likeness (QED) is 0.127. The first-order valence-corrected chi connectivity index (χ1v) is 17.5. The first-order chi connectivity index (χ1) is 23.2. The summed E-state index contributed by atoms with van der Waals surface area (Å²) >= 11 is 15.0. The second-order valence-electron chi connectivity index (χ2n) is 11.7. The number of halogens is 2. The number of hydrogen-bond acceptors (Lipinski definition) is 8. The summed E-state index contributed by atoms with van der Waals surface area (Å²) in [6, 6.07) is 25.6. The predicted molar refractivity (Wildman–Crippen MR) is 190 cm³/mol. The van der Waals surface area contributed by atoms with Crippen molar-refractivity contribution in [3.8, 4) is 0 Å². The molecule has 48 heavy (non-hydrogen) atoms. The second-order valence-corrected chi connectivity index (χ2v) is 14.7. The molecule has 1 unspecified atom stereocenters. The Kier molecular flexibility index (Phi) is 7.44. The minimum absolute atomic E-state index is 0.0207. The van der Waals surface area contributed by atoms with E-state index < -0.39 is 22.8 Å². The third kappa shape index (κ3) is 4.62. The average molecular weight is 712 g/mol. The van der Waals surface area contributed by atoms with Crippen LogP contribution in [0.3, 0.4) is 0 Å². The molecule has 0 N–H and O–H groups in total. The van der Waals surface area contributed by atoms with Gasteiger partial charge in [-0.2, -0.15) is 0 Å². The number of anilines is 2. The summed E-state index contributed by atoms with van der Waals surface area (Å²) in [5.74, 6) is -0.801. The van der Waals surface area contributed by atoms with Gasteiger partial charge < -0.3 is 9.32 Å². The van der Waals surface area contributed by atoms with E-state index in [1.165, 1.54) is 16.7 Å². The molecule has 6 aromatic rings. The van der Waals surface area contributed by atoms with Gasteiger partial charge in [0, 0.05) is 21.4 Å². The zero-order valence-electron chi connectivity index (χ0n) is 25.5. The van der Waals surface area contributed by atoms with Gasteiger partial charge in [0.05, 0.1) is 23.2 Å². The lowest BCUT2D eigenvalue weighted by atomic mass is 9.84. The van der Waals surface area contributed by atoms with E-state index in [0.29, 0.717) is 36.8 Å². The molecule has 8 rings (SSSR count). The van der Waals surface area contributed by atoms with E-state index in [0.717, 1.165) is 33.6 Å². The number of aryl methyl sites for hydroxylation is 2. The lowest BCUT2D eigenvalue weighted by Crippen LogP contribution is -2.53. The number of hydrogen-bond donors (Lipinski definition) is 0. The molecule has 0 fully saturated rings. The molecule has 0 saturated carbocycles. The zero-order valence-corrected chi connectivity index (χ0v) is 28.6. The van der Waals surface area contributed by atoms with Crippen LogP contribution in [0.2, 0.25) is 10.0 Å². The Morgan fingerprint density at radius 3 is 2.50 bits per heavy atom. The van der Waals surface area contributed by atoms with E-state index in [-0.39, 0.29) is 28.6 Å². The number of carbonyl (C=O) groups is 2. The fourth-order valence-corrected chi connectivity index (χ4v) is 8.97. The summed E-state index contributed by atoms with van der Waals surface area (Å²) in [6.07, 6.45) is 0. The van der Waals surface area contributed by atoms with Gasteiger partial charge >= 0.3 is 0 Å². The fourth-order valence-electron chi connectivity index (χ4n) is 6.52. The Bertz CT molecular complexity index is 2390. The molecular formula is C36H24Cl2N4O4S2. The first-order valence-electron chi connectivity index (χ1n) is 15.0.